The Hall–Kier alpha value is -5.49. The van der Waals surface area contributed by atoms with Crippen LogP contribution >= 0.6 is 0 Å². The van der Waals surface area contributed by atoms with Crippen LogP contribution in [0, 0.1) is 0 Å². The minimum absolute atomic E-state index is 0.142. The summed E-state index contributed by atoms with van der Waals surface area (Å²) in [7, 11) is 1.58. The van der Waals surface area contributed by atoms with Crippen LogP contribution in [0.15, 0.2) is 127 Å². The molecule has 218 valence electrons. The summed E-state index contributed by atoms with van der Waals surface area (Å²) in [5.74, 6) is -0.444. The van der Waals surface area contributed by atoms with E-state index in [-0.39, 0.29) is 24.6 Å². The topological polar surface area (TPSA) is 78.9 Å². The van der Waals surface area contributed by atoms with Crippen molar-refractivity contribution in [3.8, 4) is 11.5 Å². The fraction of sp³-hybridized carbons (Fsp3) is 0.132. The van der Waals surface area contributed by atoms with Crippen LogP contribution in [0.1, 0.15) is 71.8 Å². The van der Waals surface area contributed by atoms with Gasteiger partial charge < -0.3 is 14.2 Å². The Morgan fingerprint density at radius 1 is 0.727 bits per heavy atom. The highest BCUT2D eigenvalue weighted by molar-refractivity contribution is 6.12. The van der Waals surface area contributed by atoms with Crippen molar-refractivity contribution in [2.24, 2.45) is 0 Å². The zero-order chi connectivity index (χ0) is 30.5. The first-order valence-corrected chi connectivity index (χ1v) is 14.4. The molecule has 1 aliphatic rings. The predicted octanol–water partition coefficient (Wildman–Crippen LogP) is 7.77. The molecule has 2 unspecified atom stereocenters. The second-order valence-corrected chi connectivity index (χ2v) is 10.6. The first-order valence-electron chi connectivity index (χ1n) is 14.4. The first kappa shape index (κ1) is 28.6. The maximum atomic E-state index is 14.2. The van der Waals surface area contributed by atoms with Crippen molar-refractivity contribution in [3.05, 3.63) is 166 Å². The fourth-order valence-corrected chi connectivity index (χ4v) is 5.49. The summed E-state index contributed by atoms with van der Waals surface area (Å²) in [5.41, 5.74) is 4.03. The number of carbonyl (C=O) groups is 3. The van der Waals surface area contributed by atoms with E-state index in [0.29, 0.717) is 44.9 Å². The number of hydrogen-bond acceptors (Lipinski definition) is 6. The lowest BCUT2D eigenvalue weighted by atomic mass is 9.83. The summed E-state index contributed by atoms with van der Waals surface area (Å²) in [5, 5.41) is 0. The summed E-state index contributed by atoms with van der Waals surface area (Å²) >= 11 is 0. The summed E-state index contributed by atoms with van der Waals surface area (Å²) in [4.78, 5) is 41.2. The average molecular weight is 583 g/mol. The molecule has 6 rings (SSSR count). The van der Waals surface area contributed by atoms with Gasteiger partial charge in [-0.2, -0.15) is 0 Å². The highest BCUT2D eigenvalue weighted by atomic mass is 16.5. The molecule has 6 nitrogen and oxygen atoms in total. The van der Waals surface area contributed by atoms with Crippen molar-refractivity contribution in [1.29, 1.82) is 0 Å². The molecule has 5 aromatic carbocycles. The van der Waals surface area contributed by atoms with Gasteiger partial charge >= 0.3 is 5.97 Å². The number of carbonyl (C=O) groups excluding carboxylic acids is 3. The Labute approximate surface area is 255 Å². The summed E-state index contributed by atoms with van der Waals surface area (Å²) < 4.78 is 17.5. The molecule has 0 amide bonds. The van der Waals surface area contributed by atoms with E-state index in [2.05, 4.69) is 0 Å². The van der Waals surface area contributed by atoms with Crippen molar-refractivity contribution >= 4 is 17.5 Å². The van der Waals surface area contributed by atoms with E-state index < -0.39 is 18.0 Å². The minimum Gasteiger partial charge on any atom is -0.497 e. The Morgan fingerprint density at radius 2 is 1.36 bits per heavy atom. The van der Waals surface area contributed by atoms with Gasteiger partial charge in [0.1, 0.15) is 24.2 Å². The van der Waals surface area contributed by atoms with Gasteiger partial charge in [0.15, 0.2) is 11.6 Å². The number of hydrogen-bond donors (Lipinski definition) is 0. The van der Waals surface area contributed by atoms with Crippen LogP contribution in [0.2, 0.25) is 0 Å². The number of ether oxygens (including phenoxy) is 3. The Kier molecular flexibility index (Phi) is 8.32. The molecule has 44 heavy (non-hydrogen) atoms. The quantitative estimate of drug-likeness (QED) is 0.131. The number of fused-ring (bicyclic) bond motifs is 2. The predicted molar refractivity (Wildman–Crippen MR) is 166 cm³/mol. The van der Waals surface area contributed by atoms with E-state index in [4.69, 9.17) is 14.2 Å². The van der Waals surface area contributed by atoms with Gasteiger partial charge in [-0.3, -0.25) is 9.59 Å². The lowest BCUT2D eigenvalue weighted by Crippen LogP contribution is -2.20. The van der Waals surface area contributed by atoms with Crippen LogP contribution in [-0.2, 0) is 11.3 Å². The third-order valence-corrected chi connectivity index (χ3v) is 7.87. The highest BCUT2D eigenvalue weighted by Crippen LogP contribution is 2.38. The molecular weight excluding hydrogens is 552 g/mol. The number of benzene rings is 5. The fourth-order valence-electron chi connectivity index (χ4n) is 5.49. The normalized spacial score (nSPS) is 13.3. The molecular formula is C38H30O6. The SMILES string of the molecule is COc1ccc(C(CC(C(=O)c2ccccc2)c2ccc3c(c2)C(=O)c2ccccc2CO3)OC(=O)c2ccccc2)cc1. The van der Waals surface area contributed by atoms with Gasteiger partial charge in [0.2, 0.25) is 0 Å². The van der Waals surface area contributed by atoms with Crippen molar-refractivity contribution in [1.82, 2.24) is 0 Å². The Balaban J connectivity index is 1.42. The molecule has 0 radical (unpaired) electrons. The minimum atomic E-state index is -0.780. The highest BCUT2D eigenvalue weighted by Gasteiger charge is 2.31. The van der Waals surface area contributed by atoms with Gasteiger partial charge in [0.25, 0.3) is 0 Å². The average Bonchev–Trinajstić information content (AvgIpc) is 3.23. The van der Waals surface area contributed by atoms with Crippen LogP contribution in [0.5, 0.6) is 11.5 Å². The standard InChI is InChI=1S/C38H30O6/c1-42-30-19-16-25(17-20-30)35(44-38(41)27-12-6-3-7-13-27)23-32(36(39)26-10-4-2-5-11-26)28-18-21-34-33(22-28)37(40)31-15-9-8-14-29(31)24-43-34/h2-22,32,35H,23-24H2,1H3. The smallest absolute Gasteiger partial charge is 0.338 e. The zero-order valence-electron chi connectivity index (χ0n) is 24.1. The lowest BCUT2D eigenvalue weighted by molar-refractivity contribution is 0.0256. The van der Waals surface area contributed by atoms with Crippen molar-refractivity contribution < 1.29 is 28.6 Å². The molecule has 0 saturated heterocycles. The van der Waals surface area contributed by atoms with E-state index in [1.807, 2.05) is 60.7 Å². The summed E-state index contributed by atoms with van der Waals surface area (Å²) in [6.07, 6.45) is -0.638. The third kappa shape index (κ3) is 6.01. The Bertz CT molecular complexity index is 1800. The third-order valence-electron chi connectivity index (χ3n) is 7.87. The van der Waals surface area contributed by atoms with E-state index in [1.165, 1.54) is 0 Å². The lowest BCUT2D eigenvalue weighted by Gasteiger charge is -2.25. The van der Waals surface area contributed by atoms with Crippen LogP contribution < -0.4 is 9.47 Å². The largest absolute Gasteiger partial charge is 0.497 e. The van der Waals surface area contributed by atoms with Crippen molar-refractivity contribution in [2.75, 3.05) is 7.11 Å². The number of esters is 1. The summed E-state index contributed by atoms with van der Waals surface area (Å²) in [6.45, 7) is 0.273. The van der Waals surface area contributed by atoms with Crippen molar-refractivity contribution in [2.45, 2.75) is 25.0 Å². The zero-order valence-corrected chi connectivity index (χ0v) is 24.1. The molecule has 0 aliphatic carbocycles. The molecule has 5 aromatic rings. The van der Waals surface area contributed by atoms with Crippen molar-refractivity contribution in [3.63, 3.8) is 0 Å². The van der Waals surface area contributed by atoms with Gasteiger partial charge in [-0.05, 0) is 47.5 Å². The van der Waals surface area contributed by atoms with Crippen LogP contribution in [0.4, 0.5) is 0 Å². The van der Waals surface area contributed by atoms with Crippen LogP contribution in [0.3, 0.4) is 0 Å². The number of ketones is 2. The molecule has 1 heterocycles. The van der Waals surface area contributed by atoms with E-state index in [9.17, 15) is 14.4 Å². The molecule has 0 aromatic heterocycles. The number of rotatable bonds is 9. The maximum Gasteiger partial charge on any atom is 0.338 e. The summed E-state index contributed by atoms with van der Waals surface area (Å²) in [6, 6.07) is 37.7. The van der Waals surface area contributed by atoms with E-state index in [1.54, 1.807) is 73.8 Å². The first-order chi connectivity index (χ1) is 21.5. The molecule has 0 saturated carbocycles. The van der Waals surface area contributed by atoms with E-state index in [0.717, 1.165) is 5.56 Å². The van der Waals surface area contributed by atoms with E-state index >= 15 is 0 Å². The second-order valence-electron chi connectivity index (χ2n) is 10.6. The molecule has 6 heteroatoms. The number of Topliss-reactive ketones (excluding diaryl/α,β-unsaturated/α-hetero) is 1. The van der Waals surface area contributed by atoms with Gasteiger partial charge in [0, 0.05) is 23.1 Å². The van der Waals surface area contributed by atoms with Gasteiger partial charge in [0.05, 0.1) is 24.2 Å². The van der Waals surface area contributed by atoms with Gasteiger partial charge in [-0.25, -0.2) is 4.79 Å². The monoisotopic (exact) mass is 582 g/mol. The molecule has 2 atom stereocenters. The second kappa shape index (κ2) is 12.8. The maximum absolute atomic E-state index is 14.2. The van der Waals surface area contributed by atoms with Gasteiger partial charge in [-0.1, -0.05) is 91.0 Å². The molecule has 1 aliphatic heterocycles. The van der Waals surface area contributed by atoms with Crippen LogP contribution in [-0.4, -0.2) is 24.6 Å². The molecule has 0 N–H and O–H groups in total. The molecule has 0 spiro atoms. The van der Waals surface area contributed by atoms with Gasteiger partial charge in [-0.15, -0.1) is 0 Å². The van der Waals surface area contributed by atoms with Crippen LogP contribution in [0.25, 0.3) is 0 Å². The number of methoxy groups -OCH3 is 1. The Morgan fingerprint density at radius 3 is 2.07 bits per heavy atom. The molecule has 0 fully saturated rings. The molecule has 0 bridgehead atoms.